The fourth-order valence-electron chi connectivity index (χ4n) is 10.0. The van der Waals surface area contributed by atoms with E-state index < -0.39 is 0 Å². The standard InChI is InChI=1S/C58H36N4/c1-4-18-37(19-5-1)40-34-41(38-20-6-2-7-21-38)36-42(35-40)61-49-30-16-14-28-47(49)53-51(61)32-33-52-54(53)48-29-15-17-31-50(48)62(52)58-59-56(39-22-8-3-9-23-39)55-45-26-12-10-24-43(45)44-25-11-13-27-46(44)57(55)60-58/h1-36H. The molecule has 4 nitrogen and oxygen atoms in total. The van der Waals surface area contributed by atoms with Crippen molar-refractivity contribution in [2.45, 2.75) is 0 Å². The predicted octanol–water partition coefficient (Wildman–Crippen LogP) is 15.1. The van der Waals surface area contributed by atoms with Crippen molar-refractivity contribution in [3.8, 4) is 45.1 Å². The number of nitrogens with zero attached hydrogens (tertiary/aromatic N) is 4. The van der Waals surface area contributed by atoms with Crippen molar-refractivity contribution >= 4 is 76.1 Å². The lowest BCUT2D eigenvalue weighted by Crippen LogP contribution is -2.04. The molecule has 0 fully saturated rings. The Morgan fingerprint density at radius 2 is 0.710 bits per heavy atom. The highest BCUT2D eigenvalue weighted by molar-refractivity contribution is 6.30. The van der Waals surface area contributed by atoms with Gasteiger partial charge >= 0.3 is 0 Å². The third-order valence-corrected chi connectivity index (χ3v) is 12.7. The van der Waals surface area contributed by atoms with Gasteiger partial charge in [0.1, 0.15) is 0 Å². The summed E-state index contributed by atoms with van der Waals surface area (Å²) in [6, 6.07) is 78.5. The monoisotopic (exact) mass is 788 g/mol. The lowest BCUT2D eigenvalue weighted by molar-refractivity contribution is 1.02. The van der Waals surface area contributed by atoms with E-state index in [2.05, 4.69) is 228 Å². The van der Waals surface area contributed by atoms with Crippen LogP contribution in [0.2, 0.25) is 0 Å². The average Bonchev–Trinajstić information content (AvgIpc) is 3.87. The topological polar surface area (TPSA) is 35.6 Å². The van der Waals surface area contributed by atoms with Crippen LogP contribution >= 0.6 is 0 Å². The maximum Gasteiger partial charge on any atom is 0.235 e. The normalized spacial score (nSPS) is 11.9. The van der Waals surface area contributed by atoms with Crippen molar-refractivity contribution in [3.63, 3.8) is 0 Å². The molecule has 0 aliphatic carbocycles. The molecule has 0 N–H and O–H groups in total. The molecule has 10 aromatic carbocycles. The Hall–Kier alpha value is -8.34. The zero-order valence-corrected chi connectivity index (χ0v) is 33.6. The number of rotatable bonds is 5. The Bertz CT molecular complexity index is 3840. The van der Waals surface area contributed by atoms with E-state index in [-0.39, 0.29) is 0 Å². The van der Waals surface area contributed by atoms with Gasteiger partial charge < -0.3 is 4.57 Å². The van der Waals surface area contributed by atoms with Gasteiger partial charge in [-0.15, -0.1) is 0 Å². The van der Waals surface area contributed by atoms with Gasteiger partial charge in [-0.05, 0) is 80.9 Å². The number of benzene rings is 10. The Morgan fingerprint density at radius 3 is 1.29 bits per heavy atom. The van der Waals surface area contributed by atoms with Crippen LogP contribution in [0, 0.1) is 0 Å². The van der Waals surface area contributed by atoms with Gasteiger partial charge in [-0.25, -0.2) is 9.97 Å². The van der Waals surface area contributed by atoms with E-state index in [4.69, 9.17) is 9.97 Å². The minimum Gasteiger partial charge on any atom is -0.309 e. The first kappa shape index (κ1) is 34.5. The molecule has 62 heavy (non-hydrogen) atoms. The highest BCUT2D eigenvalue weighted by Gasteiger charge is 2.24. The minimum absolute atomic E-state index is 0.647. The molecule has 0 unspecified atom stereocenters. The lowest BCUT2D eigenvalue weighted by atomic mass is 9.94. The smallest absolute Gasteiger partial charge is 0.235 e. The first-order chi connectivity index (χ1) is 30.8. The van der Waals surface area contributed by atoms with Gasteiger partial charge in [0.05, 0.1) is 33.3 Å². The molecule has 0 bridgehead atoms. The molecule has 0 radical (unpaired) electrons. The molecule has 4 heteroatoms. The molecule has 0 spiro atoms. The average molecular weight is 789 g/mol. The highest BCUT2D eigenvalue weighted by atomic mass is 15.2. The molecular formula is C58H36N4. The second-order valence-corrected chi connectivity index (χ2v) is 16.1. The Morgan fingerprint density at radius 1 is 0.274 bits per heavy atom. The highest BCUT2D eigenvalue weighted by Crippen LogP contribution is 2.44. The molecule has 0 amide bonds. The van der Waals surface area contributed by atoms with Crippen LogP contribution in [0.4, 0.5) is 0 Å². The minimum atomic E-state index is 0.647. The number of fused-ring (bicyclic) bond motifs is 13. The van der Waals surface area contributed by atoms with E-state index in [1.807, 2.05) is 0 Å². The van der Waals surface area contributed by atoms with Gasteiger partial charge in [-0.2, -0.15) is 0 Å². The predicted molar refractivity (Wildman–Crippen MR) is 260 cm³/mol. The lowest BCUT2D eigenvalue weighted by Gasteiger charge is -2.16. The molecule has 0 atom stereocenters. The van der Waals surface area contributed by atoms with Gasteiger partial charge in [-0.1, -0.05) is 176 Å². The summed E-state index contributed by atoms with van der Waals surface area (Å²) >= 11 is 0. The van der Waals surface area contributed by atoms with Crippen LogP contribution in [0.3, 0.4) is 0 Å². The molecule has 3 heterocycles. The van der Waals surface area contributed by atoms with Crippen molar-refractivity contribution in [1.29, 1.82) is 0 Å². The van der Waals surface area contributed by atoms with Crippen LogP contribution in [0.5, 0.6) is 0 Å². The summed E-state index contributed by atoms with van der Waals surface area (Å²) in [5, 5.41) is 10.5. The third kappa shape index (κ3) is 5.14. The Balaban J connectivity index is 1.14. The van der Waals surface area contributed by atoms with Gasteiger partial charge in [-0.3, -0.25) is 4.57 Å². The van der Waals surface area contributed by atoms with Crippen LogP contribution < -0.4 is 0 Å². The number of hydrogen-bond donors (Lipinski definition) is 0. The quantitative estimate of drug-likeness (QED) is 0.163. The summed E-state index contributed by atoms with van der Waals surface area (Å²) in [5.41, 5.74) is 13.2. The summed E-state index contributed by atoms with van der Waals surface area (Å²) in [5.74, 6) is 0.647. The van der Waals surface area contributed by atoms with Gasteiger partial charge in [0.25, 0.3) is 0 Å². The molecule has 13 rings (SSSR count). The van der Waals surface area contributed by atoms with E-state index in [0.29, 0.717) is 5.95 Å². The summed E-state index contributed by atoms with van der Waals surface area (Å²) in [6.07, 6.45) is 0. The largest absolute Gasteiger partial charge is 0.309 e. The van der Waals surface area contributed by atoms with E-state index >= 15 is 0 Å². The van der Waals surface area contributed by atoms with E-state index in [0.717, 1.165) is 66.1 Å². The zero-order valence-electron chi connectivity index (χ0n) is 33.6. The third-order valence-electron chi connectivity index (χ3n) is 12.7. The van der Waals surface area contributed by atoms with Gasteiger partial charge in [0.2, 0.25) is 5.95 Å². The van der Waals surface area contributed by atoms with Crippen molar-refractivity contribution in [3.05, 3.63) is 218 Å². The van der Waals surface area contributed by atoms with Crippen molar-refractivity contribution in [2.24, 2.45) is 0 Å². The van der Waals surface area contributed by atoms with Crippen molar-refractivity contribution in [1.82, 2.24) is 19.1 Å². The van der Waals surface area contributed by atoms with Crippen LogP contribution in [-0.4, -0.2) is 19.1 Å². The second-order valence-electron chi connectivity index (χ2n) is 16.1. The number of aromatic nitrogens is 4. The van der Waals surface area contributed by atoms with Crippen molar-refractivity contribution < 1.29 is 0 Å². The Kier molecular flexibility index (Phi) is 7.57. The van der Waals surface area contributed by atoms with Crippen LogP contribution in [0.15, 0.2) is 218 Å². The van der Waals surface area contributed by atoms with Gasteiger partial charge in [0, 0.05) is 43.6 Å². The fourth-order valence-corrected chi connectivity index (χ4v) is 10.0. The molecule has 0 aliphatic rings. The SMILES string of the molecule is c1ccc(-c2cc(-c3ccccc3)cc(-n3c4ccccc4c4c5c6ccccc6n(-c6nc(-c7ccccc7)c7c8ccccc8c8ccccc8c7n6)c5ccc43)c2)cc1. The molecule has 0 aliphatic heterocycles. The number of para-hydroxylation sites is 2. The first-order valence-electron chi connectivity index (χ1n) is 21.2. The van der Waals surface area contributed by atoms with E-state index in [9.17, 15) is 0 Å². The van der Waals surface area contributed by atoms with Crippen LogP contribution in [-0.2, 0) is 0 Å². The van der Waals surface area contributed by atoms with E-state index in [1.54, 1.807) is 0 Å². The molecule has 3 aromatic heterocycles. The molecule has 0 saturated carbocycles. The maximum absolute atomic E-state index is 5.60. The van der Waals surface area contributed by atoms with E-state index in [1.165, 1.54) is 49.2 Å². The van der Waals surface area contributed by atoms with Crippen LogP contribution in [0.25, 0.3) is 121 Å². The Labute approximate surface area is 357 Å². The van der Waals surface area contributed by atoms with Crippen LogP contribution in [0.1, 0.15) is 0 Å². The van der Waals surface area contributed by atoms with Gasteiger partial charge in [0.15, 0.2) is 0 Å². The molecule has 0 saturated heterocycles. The summed E-state index contributed by atoms with van der Waals surface area (Å²) in [7, 11) is 0. The summed E-state index contributed by atoms with van der Waals surface area (Å²) < 4.78 is 4.74. The second kappa shape index (κ2) is 13.6. The zero-order chi connectivity index (χ0) is 40.7. The molecule has 288 valence electrons. The molecular weight excluding hydrogens is 753 g/mol. The fraction of sp³-hybridized carbons (Fsp3) is 0. The maximum atomic E-state index is 5.60. The first-order valence-corrected chi connectivity index (χ1v) is 21.2. The van der Waals surface area contributed by atoms with Crippen molar-refractivity contribution in [2.75, 3.05) is 0 Å². The summed E-state index contributed by atoms with van der Waals surface area (Å²) in [6.45, 7) is 0. The number of hydrogen-bond acceptors (Lipinski definition) is 2. The molecule has 13 aromatic rings. The summed E-state index contributed by atoms with van der Waals surface area (Å²) in [4.78, 5) is 11.2.